The van der Waals surface area contributed by atoms with E-state index in [0.717, 1.165) is 0 Å². The van der Waals surface area contributed by atoms with Gasteiger partial charge in [-0.25, -0.2) is 0 Å². The molecule has 1 aromatic rings. The van der Waals surface area contributed by atoms with Crippen LogP contribution in [-0.4, -0.2) is 30.9 Å². The first-order valence-corrected chi connectivity index (χ1v) is 6.12. The zero-order valence-corrected chi connectivity index (χ0v) is 11.5. The molecule has 19 heavy (non-hydrogen) atoms. The average molecular weight is 266 g/mol. The van der Waals surface area contributed by atoms with E-state index < -0.39 is 5.79 Å². The van der Waals surface area contributed by atoms with Crippen LogP contribution in [0.15, 0.2) is 12.1 Å². The predicted octanol–water partition coefficient (Wildman–Crippen LogP) is 2.01. The highest BCUT2D eigenvalue weighted by Crippen LogP contribution is 2.42. The molecule has 5 heteroatoms. The van der Waals surface area contributed by atoms with Gasteiger partial charge in [0.15, 0.2) is 5.78 Å². The van der Waals surface area contributed by atoms with Crippen molar-refractivity contribution >= 4 is 5.78 Å². The Labute approximate surface area is 112 Å². The first-order valence-electron chi connectivity index (χ1n) is 6.12. The number of aliphatic hydroxyl groups is 1. The number of benzene rings is 1. The predicted molar refractivity (Wildman–Crippen MR) is 68.9 cm³/mol. The number of fused-ring (bicyclic) bond motifs is 1. The summed E-state index contributed by atoms with van der Waals surface area (Å²) in [5, 5.41) is 10.4. The summed E-state index contributed by atoms with van der Waals surface area (Å²) in [6, 6.07) is 3.21. The van der Waals surface area contributed by atoms with Crippen molar-refractivity contribution in [2.75, 3.05) is 14.2 Å². The van der Waals surface area contributed by atoms with Gasteiger partial charge in [-0.2, -0.15) is 0 Å². The molecule has 0 aliphatic carbocycles. The van der Waals surface area contributed by atoms with Crippen molar-refractivity contribution < 1.29 is 24.1 Å². The Bertz CT molecular complexity index is 509. The number of ether oxygens (including phenoxy) is 3. The molecule has 1 unspecified atom stereocenters. The maximum Gasteiger partial charge on any atom is 0.217 e. The number of hydrogen-bond acceptors (Lipinski definition) is 5. The summed E-state index contributed by atoms with van der Waals surface area (Å²) in [5.41, 5.74) is 0.355. The molecule has 0 saturated carbocycles. The highest BCUT2D eigenvalue weighted by Gasteiger charge is 2.43. The summed E-state index contributed by atoms with van der Waals surface area (Å²) in [4.78, 5) is 12.2. The lowest BCUT2D eigenvalue weighted by molar-refractivity contribution is -0.170. The van der Waals surface area contributed by atoms with Crippen LogP contribution in [0.5, 0.6) is 17.2 Å². The molecule has 0 radical (unpaired) electrons. The SMILES string of the molecule is COc1cc(OC)c2c(c1)OC(O)(C(C)C)CC2=O. The molecule has 104 valence electrons. The molecule has 1 atom stereocenters. The van der Waals surface area contributed by atoms with E-state index in [1.807, 2.05) is 0 Å². The number of methoxy groups -OCH3 is 2. The van der Waals surface area contributed by atoms with Gasteiger partial charge < -0.3 is 19.3 Å². The lowest BCUT2D eigenvalue weighted by Crippen LogP contribution is -2.46. The van der Waals surface area contributed by atoms with E-state index >= 15 is 0 Å². The quantitative estimate of drug-likeness (QED) is 0.906. The topological polar surface area (TPSA) is 65.0 Å². The highest BCUT2D eigenvalue weighted by molar-refractivity contribution is 6.03. The normalized spacial score (nSPS) is 21.9. The van der Waals surface area contributed by atoms with Crippen molar-refractivity contribution in [3.8, 4) is 17.2 Å². The van der Waals surface area contributed by atoms with Gasteiger partial charge in [0.2, 0.25) is 5.79 Å². The molecule has 0 bridgehead atoms. The van der Waals surface area contributed by atoms with Crippen molar-refractivity contribution in [3.05, 3.63) is 17.7 Å². The average Bonchev–Trinajstić information content (AvgIpc) is 2.36. The number of Topliss-reactive ketones (excluding diaryl/α,β-unsaturated/α-hetero) is 1. The third-order valence-electron chi connectivity index (χ3n) is 3.38. The van der Waals surface area contributed by atoms with Crippen molar-refractivity contribution in [3.63, 3.8) is 0 Å². The fraction of sp³-hybridized carbons (Fsp3) is 0.500. The number of carbonyl (C=O) groups excluding carboxylic acids is 1. The Kier molecular flexibility index (Phi) is 3.41. The zero-order chi connectivity index (χ0) is 14.2. The van der Waals surface area contributed by atoms with Gasteiger partial charge in [-0.15, -0.1) is 0 Å². The van der Waals surface area contributed by atoms with E-state index in [9.17, 15) is 9.90 Å². The Morgan fingerprint density at radius 3 is 2.53 bits per heavy atom. The van der Waals surface area contributed by atoms with E-state index in [1.165, 1.54) is 14.2 Å². The van der Waals surface area contributed by atoms with Crippen LogP contribution in [0.3, 0.4) is 0 Å². The number of ketones is 1. The van der Waals surface area contributed by atoms with Crippen molar-refractivity contribution in [1.29, 1.82) is 0 Å². The Morgan fingerprint density at radius 2 is 2.00 bits per heavy atom. The first-order chi connectivity index (χ1) is 8.91. The molecule has 0 saturated heterocycles. The molecule has 0 aromatic heterocycles. The molecule has 1 aliphatic rings. The van der Waals surface area contributed by atoms with Gasteiger partial charge in [-0.3, -0.25) is 4.79 Å². The monoisotopic (exact) mass is 266 g/mol. The van der Waals surface area contributed by atoms with Gasteiger partial charge >= 0.3 is 0 Å². The number of carbonyl (C=O) groups is 1. The van der Waals surface area contributed by atoms with Crippen LogP contribution < -0.4 is 14.2 Å². The van der Waals surface area contributed by atoms with Crippen molar-refractivity contribution in [2.45, 2.75) is 26.1 Å². The van der Waals surface area contributed by atoms with E-state index in [2.05, 4.69) is 0 Å². The number of hydrogen-bond donors (Lipinski definition) is 1. The maximum atomic E-state index is 12.2. The molecule has 0 fully saturated rings. The lowest BCUT2D eigenvalue weighted by Gasteiger charge is -2.36. The summed E-state index contributed by atoms with van der Waals surface area (Å²) in [5.74, 6) is -0.689. The maximum absolute atomic E-state index is 12.2. The van der Waals surface area contributed by atoms with Gasteiger partial charge in [-0.1, -0.05) is 13.8 Å². The smallest absolute Gasteiger partial charge is 0.217 e. The second kappa shape index (κ2) is 4.74. The Morgan fingerprint density at radius 1 is 1.32 bits per heavy atom. The third kappa shape index (κ3) is 2.26. The zero-order valence-electron chi connectivity index (χ0n) is 11.5. The summed E-state index contributed by atoms with van der Waals surface area (Å²) >= 11 is 0. The summed E-state index contributed by atoms with van der Waals surface area (Å²) in [6.07, 6.45) is -0.0830. The Balaban J connectivity index is 2.55. The summed E-state index contributed by atoms with van der Waals surface area (Å²) in [6.45, 7) is 3.60. The van der Waals surface area contributed by atoms with Gasteiger partial charge in [0.05, 0.1) is 20.6 Å². The molecule has 1 N–H and O–H groups in total. The summed E-state index contributed by atoms with van der Waals surface area (Å²) < 4.78 is 15.9. The van der Waals surface area contributed by atoms with E-state index in [4.69, 9.17) is 14.2 Å². The van der Waals surface area contributed by atoms with Crippen molar-refractivity contribution in [2.24, 2.45) is 5.92 Å². The minimum absolute atomic E-state index is 0.0830. The summed E-state index contributed by atoms with van der Waals surface area (Å²) in [7, 11) is 2.99. The fourth-order valence-corrected chi connectivity index (χ4v) is 2.07. The first kappa shape index (κ1) is 13.7. The number of rotatable bonds is 3. The second-order valence-corrected chi connectivity index (χ2v) is 4.90. The fourth-order valence-electron chi connectivity index (χ4n) is 2.07. The van der Waals surface area contributed by atoms with Crippen LogP contribution in [0.25, 0.3) is 0 Å². The van der Waals surface area contributed by atoms with Crippen LogP contribution >= 0.6 is 0 Å². The molecule has 5 nitrogen and oxygen atoms in total. The molecular weight excluding hydrogens is 248 g/mol. The van der Waals surface area contributed by atoms with Crippen LogP contribution in [-0.2, 0) is 0 Å². The van der Waals surface area contributed by atoms with Gasteiger partial charge in [0, 0.05) is 18.1 Å². The minimum Gasteiger partial charge on any atom is -0.496 e. The highest BCUT2D eigenvalue weighted by atomic mass is 16.6. The van der Waals surface area contributed by atoms with Crippen molar-refractivity contribution in [1.82, 2.24) is 0 Å². The standard InChI is InChI=1S/C14H18O5/c1-8(2)14(16)7-10(15)13-11(18-4)5-9(17-3)6-12(13)19-14/h5-6,8,16H,7H2,1-4H3. The van der Waals surface area contributed by atoms with Gasteiger partial charge in [0.1, 0.15) is 22.8 Å². The largest absolute Gasteiger partial charge is 0.496 e. The minimum atomic E-state index is -1.48. The third-order valence-corrected chi connectivity index (χ3v) is 3.38. The molecule has 1 aromatic carbocycles. The second-order valence-electron chi connectivity index (χ2n) is 4.90. The Hall–Kier alpha value is -1.75. The van der Waals surface area contributed by atoms with Gasteiger partial charge in [0.25, 0.3) is 0 Å². The van der Waals surface area contributed by atoms with Crippen LogP contribution in [0, 0.1) is 5.92 Å². The van der Waals surface area contributed by atoms with E-state index in [1.54, 1.807) is 26.0 Å². The molecule has 0 spiro atoms. The molecule has 0 amide bonds. The van der Waals surface area contributed by atoms with Gasteiger partial charge in [-0.05, 0) is 0 Å². The van der Waals surface area contributed by atoms with Crippen LogP contribution in [0.2, 0.25) is 0 Å². The van der Waals surface area contributed by atoms with E-state index in [-0.39, 0.29) is 18.1 Å². The molecule has 1 aliphatic heterocycles. The molecule has 2 rings (SSSR count). The van der Waals surface area contributed by atoms with Crippen LogP contribution in [0.1, 0.15) is 30.6 Å². The van der Waals surface area contributed by atoms with Crippen LogP contribution in [0.4, 0.5) is 0 Å². The lowest BCUT2D eigenvalue weighted by atomic mass is 9.90. The molecule has 1 heterocycles. The molecular formula is C14H18O5. The van der Waals surface area contributed by atoms with E-state index in [0.29, 0.717) is 22.8 Å².